The first-order valence-corrected chi connectivity index (χ1v) is 6.02. The normalized spacial score (nSPS) is 24.9. The molecule has 0 radical (unpaired) electrons. The molecule has 5 nitrogen and oxygen atoms in total. The van der Waals surface area contributed by atoms with Crippen LogP contribution >= 0.6 is 0 Å². The number of ether oxygens (including phenoxy) is 1. The predicted octanol–water partition coefficient (Wildman–Crippen LogP) is 1.25. The van der Waals surface area contributed by atoms with Crippen molar-refractivity contribution >= 4 is 17.3 Å². The number of morpholine rings is 1. The van der Waals surface area contributed by atoms with Gasteiger partial charge in [-0.2, -0.15) is 0 Å². The van der Waals surface area contributed by atoms with Gasteiger partial charge >= 0.3 is 0 Å². The lowest BCUT2D eigenvalue weighted by atomic mass is 10.1. The van der Waals surface area contributed by atoms with Crippen molar-refractivity contribution in [1.29, 1.82) is 0 Å². The minimum absolute atomic E-state index is 0.221. The van der Waals surface area contributed by atoms with Crippen LogP contribution in [0.15, 0.2) is 12.1 Å². The zero-order valence-electron chi connectivity index (χ0n) is 10.4. The molecule has 5 heteroatoms. The number of pyridine rings is 1. The van der Waals surface area contributed by atoms with Gasteiger partial charge in [0.1, 0.15) is 11.6 Å². The van der Waals surface area contributed by atoms with Crippen LogP contribution in [0.1, 0.15) is 20.3 Å². The van der Waals surface area contributed by atoms with Crippen LogP contribution in [0.5, 0.6) is 0 Å². The van der Waals surface area contributed by atoms with E-state index in [4.69, 9.17) is 16.2 Å². The summed E-state index contributed by atoms with van der Waals surface area (Å²) >= 11 is 0. The molecule has 2 unspecified atom stereocenters. The standard InChI is InChI=1S/C12H20N4O/c1-3-9-7-17-8(2)6-16(9)11-5-4-10(13)12(14)15-11/h4-5,8-9H,3,6-7,13H2,1-2H3,(H2,14,15). The van der Waals surface area contributed by atoms with Gasteiger partial charge in [0.2, 0.25) is 0 Å². The second kappa shape index (κ2) is 4.79. The quantitative estimate of drug-likeness (QED) is 0.808. The number of nitrogens with zero attached hydrogens (tertiary/aromatic N) is 2. The van der Waals surface area contributed by atoms with E-state index >= 15 is 0 Å². The molecule has 1 saturated heterocycles. The van der Waals surface area contributed by atoms with E-state index in [9.17, 15) is 0 Å². The highest BCUT2D eigenvalue weighted by Gasteiger charge is 2.26. The Bertz CT molecular complexity index is 396. The lowest BCUT2D eigenvalue weighted by molar-refractivity contribution is 0.0296. The average molecular weight is 236 g/mol. The van der Waals surface area contributed by atoms with Gasteiger partial charge in [-0.15, -0.1) is 0 Å². The average Bonchev–Trinajstić information content (AvgIpc) is 2.32. The fourth-order valence-electron chi connectivity index (χ4n) is 2.10. The minimum Gasteiger partial charge on any atom is -0.396 e. The molecule has 4 N–H and O–H groups in total. The van der Waals surface area contributed by atoms with E-state index in [1.165, 1.54) is 0 Å². The summed E-state index contributed by atoms with van der Waals surface area (Å²) in [6.07, 6.45) is 1.25. The number of rotatable bonds is 2. The maximum Gasteiger partial charge on any atom is 0.149 e. The van der Waals surface area contributed by atoms with Crippen molar-refractivity contribution in [3.8, 4) is 0 Å². The van der Waals surface area contributed by atoms with Crippen molar-refractivity contribution in [3.63, 3.8) is 0 Å². The van der Waals surface area contributed by atoms with E-state index in [1.807, 2.05) is 12.1 Å². The lowest BCUT2D eigenvalue weighted by Crippen LogP contribution is -2.49. The number of hydrogen-bond donors (Lipinski definition) is 2. The Morgan fingerprint density at radius 3 is 2.88 bits per heavy atom. The van der Waals surface area contributed by atoms with Gasteiger partial charge in [-0.3, -0.25) is 0 Å². The van der Waals surface area contributed by atoms with Crippen LogP contribution < -0.4 is 16.4 Å². The summed E-state index contributed by atoms with van der Waals surface area (Å²) in [5.74, 6) is 1.29. The fourth-order valence-corrected chi connectivity index (χ4v) is 2.10. The third-order valence-corrected chi connectivity index (χ3v) is 3.18. The Balaban J connectivity index is 2.25. The van der Waals surface area contributed by atoms with Gasteiger partial charge in [0, 0.05) is 6.54 Å². The maximum absolute atomic E-state index is 5.75. The second-order valence-corrected chi connectivity index (χ2v) is 4.50. The van der Waals surface area contributed by atoms with Gasteiger partial charge in [0.15, 0.2) is 0 Å². The van der Waals surface area contributed by atoms with Crippen molar-refractivity contribution in [1.82, 2.24) is 4.98 Å². The van der Waals surface area contributed by atoms with Gasteiger partial charge in [0.05, 0.1) is 24.4 Å². The molecule has 1 aliphatic rings. The summed E-state index contributed by atoms with van der Waals surface area (Å²) in [6, 6.07) is 4.10. The largest absolute Gasteiger partial charge is 0.396 e. The molecule has 1 aromatic rings. The maximum atomic E-state index is 5.75. The van der Waals surface area contributed by atoms with Crippen molar-refractivity contribution in [2.24, 2.45) is 0 Å². The molecule has 1 fully saturated rings. The Labute approximate surface area is 102 Å². The Morgan fingerprint density at radius 1 is 1.47 bits per heavy atom. The summed E-state index contributed by atoms with van der Waals surface area (Å²) in [7, 11) is 0. The Kier molecular flexibility index (Phi) is 3.38. The summed E-state index contributed by atoms with van der Waals surface area (Å²) in [6.45, 7) is 5.80. The molecule has 17 heavy (non-hydrogen) atoms. The van der Waals surface area contributed by atoms with Crippen LogP contribution in [0.2, 0.25) is 0 Å². The first kappa shape index (κ1) is 12.0. The van der Waals surface area contributed by atoms with E-state index in [0.29, 0.717) is 17.5 Å². The zero-order chi connectivity index (χ0) is 12.4. The minimum atomic E-state index is 0.221. The number of hydrogen-bond acceptors (Lipinski definition) is 5. The first-order chi connectivity index (χ1) is 8.11. The molecule has 2 rings (SSSR count). The monoisotopic (exact) mass is 236 g/mol. The smallest absolute Gasteiger partial charge is 0.149 e. The van der Waals surface area contributed by atoms with Crippen LogP contribution in [-0.2, 0) is 4.74 Å². The summed E-state index contributed by atoms with van der Waals surface area (Å²) in [5, 5.41) is 0. The van der Waals surface area contributed by atoms with E-state index < -0.39 is 0 Å². The van der Waals surface area contributed by atoms with Crippen LogP contribution in [0.3, 0.4) is 0 Å². The van der Waals surface area contributed by atoms with E-state index in [1.54, 1.807) is 0 Å². The van der Waals surface area contributed by atoms with Gasteiger partial charge in [-0.25, -0.2) is 4.98 Å². The van der Waals surface area contributed by atoms with E-state index in [-0.39, 0.29) is 6.10 Å². The molecule has 0 saturated carbocycles. The van der Waals surface area contributed by atoms with Crippen LogP contribution in [-0.4, -0.2) is 30.3 Å². The third kappa shape index (κ3) is 2.44. The third-order valence-electron chi connectivity index (χ3n) is 3.18. The molecule has 0 amide bonds. The first-order valence-electron chi connectivity index (χ1n) is 6.02. The van der Waals surface area contributed by atoms with Crippen LogP contribution in [0.25, 0.3) is 0 Å². The molecule has 0 aromatic carbocycles. The molecule has 0 bridgehead atoms. The number of nitrogens with two attached hydrogens (primary N) is 2. The van der Waals surface area contributed by atoms with Gasteiger partial charge in [0.25, 0.3) is 0 Å². The Morgan fingerprint density at radius 2 is 2.24 bits per heavy atom. The highest BCUT2D eigenvalue weighted by atomic mass is 16.5. The molecule has 2 atom stereocenters. The van der Waals surface area contributed by atoms with Crippen LogP contribution in [0.4, 0.5) is 17.3 Å². The van der Waals surface area contributed by atoms with E-state index in [2.05, 4.69) is 23.7 Å². The van der Waals surface area contributed by atoms with Gasteiger partial charge < -0.3 is 21.1 Å². The molecule has 2 heterocycles. The zero-order valence-corrected chi connectivity index (χ0v) is 10.4. The second-order valence-electron chi connectivity index (χ2n) is 4.50. The lowest BCUT2D eigenvalue weighted by Gasteiger charge is -2.39. The summed E-state index contributed by atoms with van der Waals surface area (Å²) in [5.41, 5.74) is 12.0. The molecule has 1 aromatic heterocycles. The molecular weight excluding hydrogens is 216 g/mol. The van der Waals surface area contributed by atoms with Crippen LogP contribution in [0, 0.1) is 0 Å². The summed E-state index contributed by atoms with van der Waals surface area (Å²) < 4.78 is 5.66. The predicted molar refractivity (Wildman–Crippen MR) is 69.9 cm³/mol. The highest BCUT2D eigenvalue weighted by molar-refractivity contribution is 5.62. The van der Waals surface area contributed by atoms with Crippen molar-refractivity contribution in [3.05, 3.63) is 12.1 Å². The Hall–Kier alpha value is -1.49. The van der Waals surface area contributed by atoms with Crippen molar-refractivity contribution in [2.75, 3.05) is 29.5 Å². The number of anilines is 3. The number of aromatic nitrogens is 1. The molecule has 0 spiro atoms. The molecule has 94 valence electrons. The fraction of sp³-hybridized carbons (Fsp3) is 0.583. The topological polar surface area (TPSA) is 77.4 Å². The molecule has 1 aliphatic heterocycles. The SMILES string of the molecule is CCC1COC(C)CN1c1ccc(N)c(N)n1. The molecular formula is C12H20N4O. The molecule has 0 aliphatic carbocycles. The number of nitrogen functional groups attached to an aromatic ring is 2. The highest BCUT2D eigenvalue weighted by Crippen LogP contribution is 2.24. The van der Waals surface area contributed by atoms with Gasteiger partial charge in [-0.05, 0) is 25.5 Å². The van der Waals surface area contributed by atoms with Crippen molar-refractivity contribution in [2.45, 2.75) is 32.4 Å². The van der Waals surface area contributed by atoms with E-state index in [0.717, 1.165) is 25.4 Å². The van der Waals surface area contributed by atoms with Gasteiger partial charge in [-0.1, -0.05) is 6.92 Å². The van der Waals surface area contributed by atoms with Crippen molar-refractivity contribution < 1.29 is 4.74 Å². The summed E-state index contributed by atoms with van der Waals surface area (Å²) in [4.78, 5) is 6.61.